The number of benzene rings is 1. The maximum atomic E-state index is 13.5. The van der Waals surface area contributed by atoms with E-state index in [0.717, 1.165) is 6.42 Å². The molecular weight excluding hydrogens is 352 g/mol. The monoisotopic (exact) mass is 370 g/mol. The summed E-state index contributed by atoms with van der Waals surface area (Å²) in [5, 5.41) is 8.57. The van der Waals surface area contributed by atoms with Crippen molar-refractivity contribution < 1.29 is 22.4 Å². The van der Waals surface area contributed by atoms with E-state index >= 15 is 0 Å². The maximum absolute atomic E-state index is 13.5. The van der Waals surface area contributed by atoms with Gasteiger partial charge in [-0.2, -0.15) is 18.3 Å². The second-order valence-electron chi connectivity index (χ2n) is 6.06. The van der Waals surface area contributed by atoms with Crippen molar-refractivity contribution in [3.63, 3.8) is 0 Å². The summed E-state index contributed by atoms with van der Waals surface area (Å²) in [6.45, 7) is 0.189. The number of anilines is 1. The molecule has 1 aromatic carbocycles. The van der Waals surface area contributed by atoms with Gasteiger partial charge in [0.05, 0.1) is 12.2 Å². The number of halogens is 4. The predicted molar refractivity (Wildman–Crippen MR) is 87.3 cm³/mol. The SMILES string of the molecule is O=C(NCCn1nc(C(F)(F)F)c2c1CCCC2)Nc1ccccc1F. The summed E-state index contributed by atoms with van der Waals surface area (Å²) in [6.07, 6.45) is -2.05. The average molecular weight is 370 g/mol. The zero-order valence-corrected chi connectivity index (χ0v) is 13.9. The summed E-state index contributed by atoms with van der Waals surface area (Å²) in [4.78, 5) is 11.8. The third kappa shape index (κ3) is 3.97. The second kappa shape index (κ2) is 7.35. The van der Waals surface area contributed by atoms with Crippen molar-refractivity contribution in [1.29, 1.82) is 0 Å². The summed E-state index contributed by atoms with van der Waals surface area (Å²) in [5.41, 5.74) is 0.0447. The molecule has 3 rings (SSSR count). The highest BCUT2D eigenvalue weighted by Gasteiger charge is 2.39. The van der Waals surface area contributed by atoms with E-state index in [4.69, 9.17) is 0 Å². The Bertz CT molecular complexity index is 801. The number of hydrogen-bond donors (Lipinski definition) is 2. The van der Waals surface area contributed by atoms with Gasteiger partial charge in [0.25, 0.3) is 0 Å². The molecular formula is C17H18F4N4O. The molecule has 1 heterocycles. The number of hydrogen-bond acceptors (Lipinski definition) is 2. The van der Waals surface area contributed by atoms with Crippen LogP contribution in [0.3, 0.4) is 0 Å². The number of carbonyl (C=O) groups excluding carboxylic acids is 1. The molecule has 5 nitrogen and oxygen atoms in total. The molecule has 0 saturated carbocycles. The summed E-state index contributed by atoms with van der Waals surface area (Å²) >= 11 is 0. The quantitative estimate of drug-likeness (QED) is 0.806. The molecule has 0 fully saturated rings. The summed E-state index contributed by atoms with van der Waals surface area (Å²) < 4.78 is 54.2. The van der Waals surface area contributed by atoms with E-state index in [2.05, 4.69) is 15.7 Å². The van der Waals surface area contributed by atoms with Crippen LogP contribution in [0.4, 0.5) is 28.0 Å². The van der Waals surface area contributed by atoms with E-state index in [0.29, 0.717) is 25.0 Å². The van der Waals surface area contributed by atoms with Crippen LogP contribution in [0.1, 0.15) is 29.8 Å². The topological polar surface area (TPSA) is 59.0 Å². The molecule has 0 atom stereocenters. The lowest BCUT2D eigenvalue weighted by Gasteiger charge is -2.15. The molecule has 9 heteroatoms. The molecule has 0 aliphatic heterocycles. The normalized spacial score (nSPS) is 14.0. The summed E-state index contributed by atoms with van der Waals surface area (Å²) in [7, 11) is 0. The van der Waals surface area contributed by atoms with Gasteiger partial charge in [0.1, 0.15) is 5.82 Å². The van der Waals surface area contributed by atoms with Crippen LogP contribution in [0, 0.1) is 5.82 Å². The number of rotatable bonds is 4. The molecule has 0 radical (unpaired) electrons. The number of fused-ring (bicyclic) bond motifs is 1. The fourth-order valence-corrected chi connectivity index (χ4v) is 3.09. The smallest absolute Gasteiger partial charge is 0.336 e. The molecule has 2 N–H and O–H groups in total. The Balaban J connectivity index is 1.62. The molecule has 1 aliphatic carbocycles. The molecule has 0 spiro atoms. The van der Waals surface area contributed by atoms with Gasteiger partial charge in [0, 0.05) is 17.8 Å². The van der Waals surface area contributed by atoms with Gasteiger partial charge in [-0.25, -0.2) is 9.18 Å². The summed E-state index contributed by atoms with van der Waals surface area (Å²) in [5.74, 6) is -0.571. The number of carbonyl (C=O) groups is 1. The first-order valence-electron chi connectivity index (χ1n) is 8.31. The fourth-order valence-electron chi connectivity index (χ4n) is 3.09. The summed E-state index contributed by atoms with van der Waals surface area (Å²) in [6, 6.07) is 5.07. The van der Waals surface area contributed by atoms with Crippen LogP contribution in [-0.2, 0) is 25.6 Å². The molecule has 0 unspecified atom stereocenters. The van der Waals surface area contributed by atoms with E-state index in [9.17, 15) is 22.4 Å². The molecule has 2 aromatic rings. The number of alkyl halides is 3. The van der Waals surface area contributed by atoms with Crippen LogP contribution in [0.15, 0.2) is 24.3 Å². The highest BCUT2D eigenvalue weighted by molar-refractivity contribution is 5.89. The first-order chi connectivity index (χ1) is 12.4. The highest BCUT2D eigenvalue weighted by Crippen LogP contribution is 2.35. The predicted octanol–water partition coefficient (Wildman–Crippen LogP) is 3.74. The molecule has 0 saturated heterocycles. The van der Waals surface area contributed by atoms with Gasteiger partial charge < -0.3 is 10.6 Å². The molecule has 0 bridgehead atoms. The van der Waals surface area contributed by atoms with E-state index in [1.807, 2.05) is 0 Å². The largest absolute Gasteiger partial charge is 0.435 e. The first-order valence-corrected chi connectivity index (χ1v) is 8.31. The number of nitrogens with one attached hydrogen (secondary N) is 2. The van der Waals surface area contributed by atoms with Gasteiger partial charge in [-0.15, -0.1) is 0 Å². The highest BCUT2D eigenvalue weighted by atomic mass is 19.4. The Morgan fingerprint density at radius 2 is 1.92 bits per heavy atom. The fraction of sp³-hybridized carbons (Fsp3) is 0.412. The standard InChI is InChI=1S/C17H18F4N4O/c18-12-6-2-3-7-13(12)23-16(26)22-9-10-25-14-8-4-1-5-11(14)15(24-25)17(19,20)21/h2-3,6-7H,1,4-5,8-10H2,(H2,22,23,26). The van der Waals surface area contributed by atoms with Gasteiger partial charge in [0.15, 0.2) is 5.69 Å². The molecule has 1 aliphatic rings. The molecule has 140 valence electrons. The minimum absolute atomic E-state index is 0.0285. The first kappa shape index (κ1) is 18.2. The van der Waals surface area contributed by atoms with Crippen molar-refractivity contribution in [2.45, 2.75) is 38.4 Å². The number of amides is 2. The van der Waals surface area contributed by atoms with E-state index < -0.39 is 23.7 Å². The van der Waals surface area contributed by atoms with Crippen molar-refractivity contribution in [3.8, 4) is 0 Å². The lowest BCUT2D eigenvalue weighted by molar-refractivity contribution is -0.142. The number of urea groups is 1. The second-order valence-corrected chi connectivity index (χ2v) is 6.06. The zero-order chi connectivity index (χ0) is 18.7. The Labute approximate surface area is 147 Å². The van der Waals surface area contributed by atoms with E-state index in [1.165, 1.54) is 22.9 Å². The zero-order valence-electron chi connectivity index (χ0n) is 13.9. The van der Waals surface area contributed by atoms with Crippen LogP contribution >= 0.6 is 0 Å². The minimum atomic E-state index is -4.48. The van der Waals surface area contributed by atoms with Gasteiger partial charge >= 0.3 is 12.2 Å². The average Bonchev–Trinajstić information content (AvgIpc) is 2.96. The Hall–Kier alpha value is -2.58. The van der Waals surface area contributed by atoms with Crippen LogP contribution in [-0.4, -0.2) is 22.4 Å². The van der Waals surface area contributed by atoms with Gasteiger partial charge in [-0.3, -0.25) is 4.68 Å². The number of aromatic nitrogens is 2. The van der Waals surface area contributed by atoms with Crippen LogP contribution < -0.4 is 10.6 Å². The van der Waals surface area contributed by atoms with Crippen LogP contribution in [0.2, 0.25) is 0 Å². The van der Waals surface area contributed by atoms with Crippen molar-refractivity contribution in [1.82, 2.24) is 15.1 Å². The number of nitrogens with zero attached hydrogens (tertiary/aromatic N) is 2. The Morgan fingerprint density at radius 1 is 1.19 bits per heavy atom. The lowest BCUT2D eigenvalue weighted by Crippen LogP contribution is -2.32. The molecule has 26 heavy (non-hydrogen) atoms. The number of para-hydroxylation sites is 1. The maximum Gasteiger partial charge on any atom is 0.435 e. The van der Waals surface area contributed by atoms with Crippen molar-refractivity contribution in [3.05, 3.63) is 47.0 Å². The lowest BCUT2D eigenvalue weighted by atomic mass is 9.95. The third-order valence-corrected chi connectivity index (χ3v) is 4.26. The van der Waals surface area contributed by atoms with Crippen molar-refractivity contribution in [2.75, 3.05) is 11.9 Å². The minimum Gasteiger partial charge on any atom is -0.336 e. The Kier molecular flexibility index (Phi) is 5.15. The third-order valence-electron chi connectivity index (χ3n) is 4.26. The molecule has 2 amide bonds. The van der Waals surface area contributed by atoms with Gasteiger partial charge in [-0.1, -0.05) is 12.1 Å². The van der Waals surface area contributed by atoms with E-state index in [1.54, 1.807) is 6.07 Å². The van der Waals surface area contributed by atoms with Crippen molar-refractivity contribution in [2.24, 2.45) is 0 Å². The molecule has 1 aromatic heterocycles. The van der Waals surface area contributed by atoms with Gasteiger partial charge in [-0.05, 0) is 37.8 Å². The van der Waals surface area contributed by atoms with E-state index in [-0.39, 0.29) is 24.3 Å². The van der Waals surface area contributed by atoms with Gasteiger partial charge in [0.2, 0.25) is 0 Å². The van der Waals surface area contributed by atoms with Crippen LogP contribution in [0.5, 0.6) is 0 Å². The van der Waals surface area contributed by atoms with Crippen LogP contribution in [0.25, 0.3) is 0 Å². The Morgan fingerprint density at radius 3 is 2.65 bits per heavy atom. The van der Waals surface area contributed by atoms with Crippen molar-refractivity contribution >= 4 is 11.7 Å².